The van der Waals surface area contributed by atoms with Crippen molar-refractivity contribution in [1.82, 2.24) is 5.32 Å². The van der Waals surface area contributed by atoms with Crippen LogP contribution in [-0.2, 0) is 15.8 Å². The minimum absolute atomic E-state index is 0.157. The molecule has 0 heterocycles. The number of para-hydroxylation sites is 1. The Morgan fingerprint density at radius 3 is 2.00 bits per heavy atom. The predicted molar refractivity (Wildman–Crippen MR) is 190 cm³/mol. The van der Waals surface area contributed by atoms with E-state index in [9.17, 15) is 45.1 Å². The van der Waals surface area contributed by atoms with Gasteiger partial charge in [0.15, 0.2) is 23.3 Å². The summed E-state index contributed by atoms with van der Waals surface area (Å²) in [6, 6.07) is 28.6. The highest BCUT2D eigenvalue weighted by Gasteiger charge is 2.43. The molecule has 7 nitrogen and oxygen atoms in total. The fraction of sp³-hybridized carbons (Fsp3) is 0.103. The number of hydrogen-bond donors (Lipinski definition) is 3. The summed E-state index contributed by atoms with van der Waals surface area (Å²) in [4.78, 5) is 40.6. The molecule has 5 aromatic carbocycles. The van der Waals surface area contributed by atoms with E-state index in [1.165, 1.54) is 54.6 Å². The second-order valence-electron chi connectivity index (χ2n) is 11.2. The summed E-state index contributed by atoms with van der Waals surface area (Å²) >= 11 is 0.788. The quantitative estimate of drug-likeness (QED) is 0.0509. The molecular weight excluding hydrogens is 739 g/mol. The van der Waals surface area contributed by atoms with Gasteiger partial charge in [-0.3, -0.25) is 14.4 Å². The molecule has 1 atom stereocenters. The van der Waals surface area contributed by atoms with Crippen LogP contribution in [0.5, 0.6) is 5.75 Å². The van der Waals surface area contributed by atoms with Gasteiger partial charge in [-0.1, -0.05) is 72.8 Å². The maximum Gasteiger partial charge on any atom is 0.422 e. The first kappa shape index (κ1) is 39.1. The summed E-state index contributed by atoms with van der Waals surface area (Å²) in [5.41, 5.74) is -3.49. The predicted octanol–water partition coefficient (Wildman–Crippen LogP) is 9.54. The molecule has 0 bridgehead atoms. The molecule has 5 aromatic rings. The molecule has 0 spiro atoms. The molecule has 0 aliphatic rings. The monoisotopic (exact) mass is 767 g/mol. The molecule has 0 radical (unpaired) electrons. The van der Waals surface area contributed by atoms with Crippen LogP contribution in [0.15, 0.2) is 120 Å². The largest absolute Gasteiger partial charge is 0.493 e. The summed E-state index contributed by atoms with van der Waals surface area (Å²) in [5, 5.41) is 5.63. The second kappa shape index (κ2) is 17.2. The fourth-order valence-electron chi connectivity index (χ4n) is 5.05. The summed E-state index contributed by atoms with van der Waals surface area (Å²) in [5.74, 6) is -12.4. The lowest BCUT2D eigenvalue weighted by Gasteiger charge is -2.19. The average molecular weight is 768 g/mol. The van der Waals surface area contributed by atoms with Crippen molar-refractivity contribution in [3.63, 3.8) is 0 Å². The first-order valence-electron chi connectivity index (χ1n) is 15.9. The Morgan fingerprint density at radius 1 is 0.759 bits per heavy atom. The van der Waals surface area contributed by atoms with E-state index in [4.69, 9.17) is 4.74 Å². The van der Waals surface area contributed by atoms with Crippen LogP contribution < -0.4 is 20.7 Å². The Bertz CT molecular complexity index is 2170. The summed E-state index contributed by atoms with van der Waals surface area (Å²) in [7, 11) is 0. The van der Waals surface area contributed by atoms with Gasteiger partial charge < -0.3 is 20.7 Å². The molecule has 5 rings (SSSR count). The van der Waals surface area contributed by atoms with Gasteiger partial charge in [-0.15, -0.1) is 11.8 Å². The molecule has 1 unspecified atom stereocenters. The number of amides is 3. The van der Waals surface area contributed by atoms with E-state index in [1.54, 1.807) is 72.9 Å². The Kier molecular flexibility index (Phi) is 12.4. The van der Waals surface area contributed by atoms with Crippen molar-refractivity contribution >= 4 is 46.9 Å². The molecule has 278 valence electrons. The van der Waals surface area contributed by atoms with Crippen LogP contribution in [0.2, 0.25) is 0 Å². The van der Waals surface area contributed by atoms with E-state index in [1.807, 2.05) is 0 Å². The van der Waals surface area contributed by atoms with Crippen molar-refractivity contribution < 1.29 is 49.9 Å². The maximum absolute atomic E-state index is 14.7. The highest BCUT2D eigenvalue weighted by molar-refractivity contribution is 8.00. The number of nitrogens with one attached hydrogen (secondary N) is 3. The van der Waals surface area contributed by atoms with Crippen molar-refractivity contribution in [1.29, 1.82) is 0 Å². The van der Waals surface area contributed by atoms with Gasteiger partial charge in [0.05, 0.1) is 6.61 Å². The van der Waals surface area contributed by atoms with Crippen LogP contribution in [0.3, 0.4) is 0 Å². The zero-order valence-corrected chi connectivity index (χ0v) is 28.8. The van der Waals surface area contributed by atoms with Crippen LogP contribution in [0.4, 0.5) is 42.1 Å². The lowest BCUT2D eigenvalue weighted by molar-refractivity contribution is -0.143. The maximum atomic E-state index is 14.7. The van der Waals surface area contributed by atoms with E-state index in [-0.39, 0.29) is 22.5 Å². The molecule has 54 heavy (non-hydrogen) atoms. The molecule has 0 saturated carbocycles. The number of carbonyl (C=O) groups is 3. The van der Waals surface area contributed by atoms with Crippen LogP contribution in [0.1, 0.15) is 39.2 Å². The molecule has 0 aliphatic heterocycles. The minimum atomic E-state index is -5.76. The highest BCUT2D eigenvalue weighted by atomic mass is 32.2. The van der Waals surface area contributed by atoms with Gasteiger partial charge in [-0.25, -0.2) is 17.6 Å². The van der Waals surface area contributed by atoms with Gasteiger partial charge in [0.25, 0.3) is 11.8 Å². The van der Waals surface area contributed by atoms with E-state index < -0.39 is 63.7 Å². The topological polar surface area (TPSA) is 96.5 Å². The normalized spacial score (nSPS) is 12.1. The number of hydrogen-bond acceptors (Lipinski definition) is 5. The Balaban J connectivity index is 1.44. The molecule has 0 aromatic heterocycles. The van der Waals surface area contributed by atoms with Crippen molar-refractivity contribution in [2.75, 3.05) is 17.2 Å². The Labute approximate surface area is 308 Å². The number of rotatable bonds is 12. The van der Waals surface area contributed by atoms with Gasteiger partial charge in [-0.05, 0) is 55.0 Å². The number of carbonyl (C=O) groups excluding carboxylic acids is 3. The lowest BCUT2D eigenvalue weighted by atomic mass is 10.1. The number of anilines is 2. The van der Waals surface area contributed by atoms with E-state index >= 15 is 0 Å². The first-order chi connectivity index (χ1) is 25.8. The second-order valence-corrected chi connectivity index (χ2v) is 12.4. The van der Waals surface area contributed by atoms with Crippen molar-refractivity contribution in [2.24, 2.45) is 0 Å². The molecule has 3 N–H and O–H groups in total. The third-order valence-electron chi connectivity index (χ3n) is 7.53. The summed E-state index contributed by atoms with van der Waals surface area (Å²) in [6.45, 7) is 2.12. The molecule has 15 heteroatoms. The standard InChI is InChI=1S/C39H28F7N3O4S/c1-2-53-28-19-10-9-16-24(28)20-27(48-36(50)23-14-7-4-8-15-23)37(51)47-25-17-11-18-26(21-25)54-35(22-12-5-3-6-13-22)38(52)49-34-32(42)30(40)29(39(44,45)46)31(41)33(34)43/h3-21,35H,2H2,1H3,(H,47,51)(H,48,50)(H,49,52)/b27-20+. The first-order valence-corrected chi connectivity index (χ1v) is 16.8. The third kappa shape index (κ3) is 9.28. The van der Waals surface area contributed by atoms with E-state index in [0.717, 1.165) is 11.8 Å². The van der Waals surface area contributed by atoms with Gasteiger partial charge >= 0.3 is 6.18 Å². The number of halogens is 7. The smallest absolute Gasteiger partial charge is 0.422 e. The number of benzene rings is 5. The van der Waals surface area contributed by atoms with Crippen molar-refractivity contribution in [2.45, 2.75) is 23.2 Å². The van der Waals surface area contributed by atoms with Crippen LogP contribution >= 0.6 is 11.8 Å². The van der Waals surface area contributed by atoms with Crippen LogP contribution in [0, 0.1) is 23.3 Å². The van der Waals surface area contributed by atoms with Gasteiger partial charge in [0.2, 0.25) is 5.91 Å². The number of thioether (sulfide) groups is 1. The fourth-order valence-corrected chi connectivity index (χ4v) is 6.13. The Morgan fingerprint density at radius 2 is 1.37 bits per heavy atom. The lowest BCUT2D eigenvalue weighted by Crippen LogP contribution is -2.30. The SMILES string of the molecule is CCOc1ccccc1/C=C(/NC(=O)c1ccccc1)C(=O)Nc1cccc(SC(C(=O)Nc2c(F)c(F)c(C(F)(F)F)c(F)c2F)c2ccccc2)c1. The average Bonchev–Trinajstić information content (AvgIpc) is 3.15. The van der Waals surface area contributed by atoms with Crippen LogP contribution in [0.25, 0.3) is 6.08 Å². The molecular formula is C39H28F7N3O4S. The Hall–Kier alpha value is -6.09. The van der Waals surface area contributed by atoms with Gasteiger partial charge in [0, 0.05) is 21.7 Å². The molecule has 0 aliphatic carbocycles. The molecule has 3 amide bonds. The van der Waals surface area contributed by atoms with E-state index in [0.29, 0.717) is 22.8 Å². The molecule has 0 saturated heterocycles. The zero-order valence-electron chi connectivity index (χ0n) is 27.9. The minimum Gasteiger partial charge on any atom is -0.493 e. The molecule has 0 fully saturated rings. The van der Waals surface area contributed by atoms with Crippen molar-refractivity contribution in [3.8, 4) is 5.75 Å². The van der Waals surface area contributed by atoms with Crippen LogP contribution in [-0.4, -0.2) is 24.3 Å². The van der Waals surface area contributed by atoms with E-state index in [2.05, 4.69) is 10.6 Å². The zero-order chi connectivity index (χ0) is 39.0. The van der Waals surface area contributed by atoms with Crippen molar-refractivity contribution in [3.05, 3.63) is 160 Å². The summed E-state index contributed by atoms with van der Waals surface area (Å²) < 4.78 is 103. The van der Waals surface area contributed by atoms with Gasteiger partial charge in [0.1, 0.15) is 27.9 Å². The highest BCUT2D eigenvalue weighted by Crippen LogP contribution is 2.41. The summed E-state index contributed by atoms with van der Waals surface area (Å²) in [6.07, 6.45) is -4.33. The number of alkyl halides is 3. The van der Waals surface area contributed by atoms with Gasteiger partial charge in [-0.2, -0.15) is 13.2 Å². The number of ether oxygens (including phenoxy) is 1. The third-order valence-corrected chi connectivity index (χ3v) is 8.78.